The predicted molar refractivity (Wildman–Crippen MR) is 95.4 cm³/mol. The highest BCUT2D eigenvalue weighted by Crippen LogP contribution is 2.23. The third-order valence-corrected chi connectivity index (χ3v) is 4.32. The molecular formula is C20H21FN2O. The summed E-state index contributed by atoms with van der Waals surface area (Å²) in [6.45, 7) is 3.32. The molecule has 24 heavy (non-hydrogen) atoms. The first-order chi connectivity index (χ1) is 11.7. The van der Waals surface area contributed by atoms with Gasteiger partial charge in [0.15, 0.2) is 0 Å². The summed E-state index contributed by atoms with van der Waals surface area (Å²) in [5.41, 5.74) is 4.24. The maximum atomic E-state index is 13.0. The van der Waals surface area contributed by atoms with Gasteiger partial charge in [0.1, 0.15) is 5.82 Å². The van der Waals surface area contributed by atoms with Crippen LogP contribution in [0.5, 0.6) is 0 Å². The summed E-state index contributed by atoms with van der Waals surface area (Å²) in [5.74, 6) is -0.231. The minimum atomic E-state index is -0.231. The molecule has 0 aromatic heterocycles. The first-order valence-electron chi connectivity index (χ1n) is 8.25. The number of benzene rings is 2. The van der Waals surface area contributed by atoms with Crippen LogP contribution in [0, 0.1) is 5.82 Å². The number of urea groups is 1. The van der Waals surface area contributed by atoms with Crippen molar-refractivity contribution in [2.75, 3.05) is 18.4 Å². The molecule has 2 aromatic carbocycles. The van der Waals surface area contributed by atoms with Crippen molar-refractivity contribution in [2.45, 2.75) is 19.8 Å². The molecule has 3 nitrogen and oxygen atoms in total. The molecule has 0 atom stereocenters. The second-order valence-electron chi connectivity index (χ2n) is 5.91. The first-order valence-corrected chi connectivity index (χ1v) is 8.25. The second kappa shape index (κ2) is 7.30. The summed E-state index contributed by atoms with van der Waals surface area (Å²) in [6.07, 6.45) is 3.79. The number of rotatable bonds is 3. The molecule has 2 aromatic rings. The molecule has 0 saturated heterocycles. The number of halogens is 1. The van der Waals surface area contributed by atoms with E-state index in [1.54, 1.807) is 17.0 Å². The maximum Gasteiger partial charge on any atom is 0.322 e. The molecule has 0 saturated carbocycles. The molecule has 0 radical (unpaired) electrons. The molecule has 2 amide bonds. The maximum absolute atomic E-state index is 13.0. The number of anilines is 1. The van der Waals surface area contributed by atoms with Gasteiger partial charge in [-0.3, -0.25) is 0 Å². The summed E-state index contributed by atoms with van der Waals surface area (Å²) in [7, 11) is 0. The largest absolute Gasteiger partial charge is 0.322 e. The zero-order valence-electron chi connectivity index (χ0n) is 13.8. The fourth-order valence-electron chi connectivity index (χ4n) is 2.81. The summed E-state index contributed by atoms with van der Waals surface area (Å²) >= 11 is 0. The van der Waals surface area contributed by atoms with Gasteiger partial charge in [0.25, 0.3) is 0 Å². The van der Waals surface area contributed by atoms with Crippen molar-refractivity contribution in [2.24, 2.45) is 0 Å². The Morgan fingerprint density at radius 2 is 1.83 bits per heavy atom. The molecule has 0 fully saturated rings. The van der Waals surface area contributed by atoms with Gasteiger partial charge in [0, 0.05) is 18.8 Å². The van der Waals surface area contributed by atoms with E-state index in [4.69, 9.17) is 0 Å². The molecule has 1 aliphatic rings. The van der Waals surface area contributed by atoms with Crippen LogP contribution >= 0.6 is 0 Å². The van der Waals surface area contributed by atoms with E-state index >= 15 is 0 Å². The zero-order chi connectivity index (χ0) is 16.9. The first kappa shape index (κ1) is 16.2. The molecule has 4 heteroatoms. The Balaban J connectivity index is 1.60. The number of amides is 2. The van der Waals surface area contributed by atoms with Gasteiger partial charge >= 0.3 is 6.03 Å². The minimum Gasteiger partial charge on any atom is -0.320 e. The van der Waals surface area contributed by atoms with Crippen molar-refractivity contribution >= 4 is 17.3 Å². The van der Waals surface area contributed by atoms with Crippen molar-refractivity contribution in [3.8, 4) is 0 Å². The van der Waals surface area contributed by atoms with Gasteiger partial charge in [0.05, 0.1) is 0 Å². The van der Waals surface area contributed by atoms with Crippen LogP contribution in [0.2, 0.25) is 0 Å². The molecule has 0 aliphatic carbocycles. The fraction of sp³-hybridized carbons (Fsp3) is 0.250. The van der Waals surface area contributed by atoms with Crippen LogP contribution in [0.25, 0.3) is 5.57 Å². The molecule has 1 aliphatic heterocycles. The van der Waals surface area contributed by atoms with E-state index < -0.39 is 0 Å². The molecule has 1 heterocycles. The van der Waals surface area contributed by atoms with E-state index in [2.05, 4.69) is 12.2 Å². The quantitative estimate of drug-likeness (QED) is 0.871. The molecule has 1 N–H and O–H groups in total. The lowest BCUT2D eigenvalue weighted by Gasteiger charge is -2.27. The topological polar surface area (TPSA) is 32.3 Å². The number of nitrogens with one attached hydrogen (secondary N) is 1. The highest BCUT2D eigenvalue weighted by atomic mass is 19.1. The third kappa shape index (κ3) is 3.82. The number of carbonyl (C=O) groups is 1. The van der Waals surface area contributed by atoms with E-state index in [0.717, 1.165) is 29.7 Å². The normalized spacial score (nSPS) is 14.2. The molecule has 124 valence electrons. The fourth-order valence-corrected chi connectivity index (χ4v) is 2.81. The van der Waals surface area contributed by atoms with E-state index in [1.807, 2.05) is 30.3 Å². The minimum absolute atomic E-state index is 0.0892. The van der Waals surface area contributed by atoms with Gasteiger partial charge < -0.3 is 10.2 Å². The van der Waals surface area contributed by atoms with Crippen LogP contribution in [0.4, 0.5) is 14.9 Å². The van der Waals surface area contributed by atoms with Crippen LogP contribution in [-0.4, -0.2) is 24.0 Å². The monoisotopic (exact) mass is 324 g/mol. The van der Waals surface area contributed by atoms with E-state index in [-0.39, 0.29) is 11.8 Å². The van der Waals surface area contributed by atoms with Crippen LogP contribution in [0.1, 0.15) is 24.5 Å². The Morgan fingerprint density at radius 1 is 1.12 bits per heavy atom. The Morgan fingerprint density at radius 3 is 2.42 bits per heavy atom. The number of hydrogen-bond acceptors (Lipinski definition) is 1. The number of aryl methyl sites for hydroxylation is 1. The van der Waals surface area contributed by atoms with Crippen LogP contribution < -0.4 is 5.32 Å². The van der Waals surface area contributed by atoms with Crippen molar-refractivity contribution in [1.29, 1.82) is 0 Å². The average molecular weight is 324 g/mol. The standard InChI is InChI=1S/C20H21FN2O/c1-2-15-3-9-19(10-4-15)22-20(24)23-13-11-17(12-14-23)16-5-7-18(21)8-6-16/h3-11H,2,12-14H2,1H3,(H,22,24). The summed E-state index contributed by atoms with van der Waals surface area (Å²) in [5, 5.41) is 2.93. The van der Waals surface area contributed by atoms with Gasteiger partial charge in [-0.2, -0.15) is 0 Å². The van der Waals surface area contributed by atoms with Gasteiger partial charge in [-0.15, -0.1) is 0 Å². The molecule has 0 bridgehead atoms. The highest BCUT2D eigenvalue weighted by Gasteiger charge is 2.18. The Hall–Kier alpha value is -2.62. The van der Waals surface area contributed by atoms with Crippen LogP contribution in [0.15, 0.2) is 54.6 Å². The lowest BCUT2D eigenvalue weighted by Crippen LogP contribution is -2.37. The smallest absolute Gasteiger partial charge is 0.320 e. The summed E-state index contributed by atoms with van der Waals surface area (Å²) < 4.78 is 13.0. The SMILES string of the molecule is CCc1ccc(NC(=O)N2CC=C(c3ccc(F)cc3)CC2)cc1. The van der Waals surface area contributed by atoms with E-state index in [0.29, 0.717) is 13.1 Å². The molecule has 0 spiro atoms. The summed E-state index contributed by atoms with van der Waals surface area (Å²) in [4.78, 5) is 14.1. The van der Waals surface area contributed by atoms with E-state index in [9.17, 15) is 9.18 Å². The Kier molecular flexibility index (Phi) is 4.94. The summed E-state index contributed by atoms with van der Waals surface area (Å²) in [6, 6.07) is 14.3. The van der Waals surface area contributed by atoms with Crippen molar-refractivity contribution in [3.05, 3.63) is 71.6 Å². The lowest BCUT2D eigenvalue weighted by atomic mass is 10.00. The van der Waals surface area contributed by atoms with Crippen LogP contribution in [0.3, 0.4) is 0 Å². The van der Waals surface area contributed by atoms with E-state index in [1.165, 1.54) is 17.7 Å². The van der Waals surface area contributed by atoms with Gasteiger partial charge in [-0.05, 0) is 53.8 Å². The van der Waals surface area contributed by atoms with Gasteiger partial charge in [-0.25, -0.2) is 9.18 Å². The number of nitrogens with zero attached hydrogens (tertiary/aromatic N) is 1. The Bertz CT molecular complexity index is 735. The lowest BCUT2D eigenvalue weighted by molar-refractivity contribution is 0.217. The molecule has 0 unspecified atom stereocenters. The average Bonchev–Trinajstić information content (AvgIpc) is 2.63. The van der Waals surface area contributed by atoms with Crippen molar-refractivity contribution in [3.63, 3.8) is 0 Å². The second-order valence-corrected chi connectivity index (χ2v) is 5.91. The third-order valence-electron chi connectivity index (χ3n) is 4.32. The molecular weight excluding hydrogens is 303 g/mol. The zero-order valence-corrected chi connectivity index (χ0v) is 13.8. The van der Waals surface area contributed by atoms with Crippen molar-refractivity contribution in [1.82, 2.24) is 4.90 Å². The van der Waals surface area contributed by atoms with Crippen LogP contribution in [-0.2, 0) is 6.42 Å². The van der Waals surface area contributed by atoms with Crippen molar-refractivity contribution < 1.29 is 9.18 Å². The molecule has 3 rings (SSSR count). The Labute approximate surface area is 141 Å². The highest BCUT2D eigenvalue weighted by molar-refractivity contribution is 5.90. The number of carbonyl (C=O) groups excluding carboxylic acids is 1. The van der Waals surface area contributed by atoms with Gasteiger partial charge in [0.2, 0.25) is 0 Å². The number of hydrogen-bond donors (Lipinski definition) is 1. The van der Waals surface area contributed by atoms with Gasteiger partial charge in [-0.1, -0.05) is 37.3 Å². The predicted octanol–water partition coefficient (Wildman–Crippen LogP) is 4.71.